The van der Waals surface area contributed by atoms with Gasteiger partial charge in [-0.05, 0) is 30.4 Å². The third kappa shape index (κ3) is 3.00. The molecule has 1 saturated carbocycles. The van der Waals surface area contributed by atoms with Gasteiger partial charge in [-0.3, -0.25) is 9.59 Å². The summed E-state index contributed by atoms with van der Waals surface area (Å²) < 4.78 is 0. The fourth-order valence-electron chi connectivity index (χ4n) is 2.68. The lowest BCUT2D eigenvalue weighted by Gasteiger charge is -2.19. The highest BCUT2D eigenvalue weighted by Crippen LogP contribution is 2.49. The van der Waals surface area contributed by atoms with Crippen LogP contribution < -0.4 is 0 Å². The van der Waals surface area contributed by atoms with Crippen molar-refractivity contribution in [1.82, 2.24) is 4.90 Å². The highest BCUT2D eigenvalue weighted by Gasteiger charge is 2.45. The van der Waals surface area contributed by atoms with Crippen LogP contribution in [-0.2, 0) is 9.59 Å². The summed E-state index contributed by atoms with van der Waals surface area (Å²) in [5.74, 6) is -1.02. The summed E-state index contributed by atoms with van der Waals surface area (Å²) in [6.45, 7) is 3.95. The summed E-state index contributed by atoms with van der Waals surface area (Å²) in [5, 5.41) is 8.90. The monoisotopic (exact) mass is 275 g/mol. The molecular formula is C16H21NO3. The minimum Gasteiger partial charge on any atom is -0.481 e. The topological polar surface area (TPSA) is 57.6 Å². The Morgan fingerprint density at radius 2 is 2.05 bits per heavy atom. The van der Waals surface area contributed by atoms with Gasteiger partial charge in [-0.25, -0.2) is 0 Å². The standard InChI is InChI=1S/C16H21NO3/c1-10-6-4-5-7-12(10)13-8-14(13)15(18)17(3)9-11(2)16(19)20/h4-7,11,13-14H,8-9H2,1-3H3,(H,19,20)/t11-,13-,14-/m0/s1. The second kappa shape index (κ2) is 5.65. The van der Waals surface area contributed by atoms with Crippen LogP contribution in [-0.4, -0.2) is 35.5 Å². The number of rotatable bonds is 5. The zero-order chi connectivity index (χ0) is 14.9. The Labute approximate surface area is 119 Å². The van der Waals surface area contributed by atoms with E-state index in [1.54, 1.807) is 18.9 Å². The van der Waals surface area contributed by atoms with Crippen LogP contribution >= 0.6 is 0 Å². The van der Waals surface area contributed by atoms with Crippen LogP contribution in [0, 0.1) is 18.8 Å². The lowest BCUT2D eigenvalue weighted by Crippen LogP contribution is -2.34. The molecule has 1 amide bonds. The van der Waals surface area contributed by atoms with Crippen molar-refractivity contribution in [3.05, 3.63) is 35.4 Å². The number of hydrogen-bond acceptors (Lipinski definition) is 2. The molecule has 0 bridgehead atoms. The number of carboxylic acids is 1. The van der Waals surface area contributed by atoms with E-state index in [0.717, 1.165) is 6.42 Å². The fourth-order valence-corrected chi connectivity index (χ4v) is 2.68. The molecule has 0 aromatic heterocycles. The summed E-state index contributed by atoms with van der Waals surface area (Å²) in [6.07, 6.45) is 0.871. The van der Waals surface area contributed by atoms with Gasteiger partial charge < -0.3 is 10.0 Å². The second-order valence-electron chi connectivity index (χ2n) is 5.76. The van der Waals surface area contributed by atoms with Gasteiger partial charge in [0.1, 0.15) is 0 Å². The molecule has 4 nitrogen and oxygen atoms in total. The average Bonchev–Trinajstić information content (AvgIpc) is 3.18. The van der Waals surface area contributed by atoms with Crippen molar-refractivity contribution in [2.45, 2.75) is 26.2 Å². The minimum atomic E-state index is -0.865. The number of aliphatic carboxylic acids is 1. The number of nitrogens with zero attached hydrogens (tertiary/aromatic N) is 1. The maximum absolute atomic E-state index is 12.3. The molecule has 1 aromatic rings. The Hall–Kier alpha value is -1.84. The van der Waals surface area contributed by atoms with Gasteiger partial charge in [0.2, 0.25) is 5.91 Å². The number of carbonyl (C=O) groups is 2. The third-order valence-electron chi connectivity index (χ3n) is 4.04. The fraction of sp³-hybridized carbons (Fsp3) is 0.500. The van der Waals surface area contributed by atoms with Crippen molar-refractivity contribution in [2.75, 3.05) is 13.6 Å². The van der Waals surface area contributed by atoms with E-state index in [0.29, 0.717) is 5.92 Å². The molecule has 1 N–H and O–H groups in total. The molecule has 2 rings (SSSR count). The van der Waals surface area contributed by atoms with Crippen LogP contribution in [0.1, 0.15) is 30.4 Å². The molecule has 1 aromatic carbocycles. The van der Waals surface area contributed by atoms with Crippen molar-refractivity contribution in [1.29, 1.82) is 0 Å². The predicted molar refractivity (Wildman–Crippen MR) is 76.5 cm³/mol. The van der Waals surface area contributed by atoms with Gasteiger partial charge in [-0.2, -0.15) is 0 Å². The molecule has 20 heavy (non-hydrogen) atoms. The first-order valence-electron chi connectivity index (χ1n) is 6.95. The van der Waals surface area contributed by atoms with Gasteiger partial charge in [0.05, 0.1) is 5.92 Å². The van der Waals surface area contributed by atoms with Crippen LogP contribution in [0.5, 0.6) is 0 Å². The molecule has 0 radical (unpaired) electrons. The van der Waals surface area contributed by atoms with E-state index in [4.69, 9.17) is 5.11 Å². The first kappa shape index (κ1) is 14.6. The van der Waals surface area contributed by atoms with Crippen LogP contribution in [0.4, 0.5) is 0 Å². The molecule has 1 aliphatic rings. The van der Waals surface area contributed by atoms with E-state index < -0.39 is 11.9 Å². The van der Waals surface area contributed by atoms with Crippen molar-refractivity contribution < 1.29 is 14.7 Å². The van der Waals surface area contributed by atoms with Gasteiger partial charge in [-0.1, -0.05) is 31.2 Å². The van der Waals surface area contributed by atoms with E-state index in [1.165, 1.54) is 11.1 Å². The van der Waals surface area contributed by atoms with Crippen LogP contribution in [0.2, 0.25) is 0 Å². The molecule has 0 aliphatic heterocycles. The lowest BCUT2D eigenvalue weighted by molar-refractivity contribution is -0.142. The minimum absolute atomic E-state index is 0.0158. The molecular weight excluding hydrogens is 254 g/mol. The number of hydrogen-bond donors (Lipinski definition) is 1. The Bertz CT molecular complexity index is 526. The predicted octanol–water partition coefficient (Wildman–Crippen LogP) is 2.28. The Balaban J connectivity index is 1.96. The second-order valence-corrected chi connectivity index (χ2v) is 5.76. The smallest absolute Gasteiger partial charge is 0.308 e. The van der Waals surface area contributed by atoms with E-state index >= 15 is 0 Å². The molecule has 3 atom stereocenters. The molecule has 4 heteroatoms. The van der Waals surface area contributed by atoms with Crippen LogP contribution in [0.15, 0.2) is 24.3 Å². The first-order chi connectivity index (χ1) is 9.41. The lowest BCUT2D eigenvalue weighted by atomic mass is 10.0. The third-order valence-corrected chi connectivity index (χ3v) is 4.04. The number of aryl methyl sites for hydroxylation is 1. The quantitative estimate of drug-likeness (QED) is 0.897. The number of amides is 1. The zero-order valence-corrected chi connectivity index (χ0v) is 12.2. The van der Waals surface area contributed by atoms with Gasteiger partial charge in [0, 0.05) is 19.5 Å². The highest BCUT2D eigenvalue weighted by molar-refractivity contribution is 5.83. The summed E-state index contributed by atoms with van der Waals surface area (Å²) >= 11 is 0. The Morgan fingerprint density at radius 1 is 1.40 bits per heavy atom. The van der Waals surface area contributed by atoms with Crippen molar-refractivity contribution in [3.8, 4) is 0 Å². The molecule has 108 valence electrons. The summed E-state index contributed by atoms with van der Waals surface area (Å²) in [7, 11) is 1.69. The van der Waals surface area contributed by atoms with E-state index in [9.17, 15) is 9.59 Å². The zero-order valence-electron chi connectivity index (χ0n) is 12.2. The van der Waals surface area contributed by atoms with Crippen molar-refractivity contribution in [3.63, 3.8) is 0 Å². The Morgan fingerprint density at radius 3 is 2.65 bits per heavy atom. The normalized spacial score (nSPS) is 22.1. The number of carboxylic acid groups (broad SMARTS) is 1. The van der Waals surface area contributed by atoms with E-state index in [2.05, 4.69) is 19.1 Å². The molecule has 1 aliphatic carbocycles. The number of carbonyl (C=O) groups excluding carboxylic acids is 1. The van der Waals surface area contributed by atoms with E-state index in [1.807, 2.05) is 12.1 Å². The van der Waals surface area contributed by atoms with Gasteiger partial charge in [0.25, 0.3) is 0 Å². The van der Waals surface area contributed by atoms with Crippen LogP contribution in [0.25, 0.3) is 0 Å². The molecule has 1 fully saturated rings. The SMILES string of the molecule is Cc1ccccc1[C@@H]1C[C@@H]1C(=O)N(C)C[C@H](C)C(=O)O. The average molecular weight is 275 g/mol. The van der Waals surface area contributed by atoms with Gasteiger partial charge in [-0.15, -0.1) is 0 Å². The van der Waals surface area contributed by atoms with Crippen molar-refractivity contribution in [2.24, 2.45) is 11.8 Å². The molecule has 0 spiro atoms. The van der Waals surface area contributed by atoms with Crippen LogP contribution in [0.3, 0.4) is 0 Å². The molecule has 0 heterocycles. The highest BCUT2D eigenvalue weighted by atomic mass is 16.4. The molecule has 0 saturated heterocycles. The Kier molecular flexibility index (Phi) is 4.12. The maximum atomic E-state index is 12.3. The van der Waals surface area contributed by atoms with Gasteiger partial charge in [0.15, 0.2) is 0 Å². The first-order valence-corrected chi connectivity index (χ1v) is 6.95. The number of benzene rings is 1. The van der Waals surface area contributed by atoms with Crippen molar-refractivity contribution >= 4 is 11.9 Å². The van der Waals surface area contributed by atoms with E-state index in [-0.39, 0.29) is 18.4 Å². The summed E-state index contributed by atoms with van der Waals surface area (Å²) in [4.78, 5) is 24.7. The summed E-state index contributed by atoms with van der Waals surface area (Å²) in [6, 6.07) is 8.13. The summed E-state index contributed by atoms with van der Waals surface area (Å²) in [5.41, 5.74) is 2.46. The maximum Gasteiger partial charge on any atom is 0.308 e. The molecule has 0 unspecified atom stereocenters. The largest absolute Gasteiger partial charge is 0.481 e. The van der Waals surface area contributed by atoms with Gasteiger partial charge >= 0.3 is 5.97 Å².